The van der Waals surface area contributed by atoms with Gasteiger partial charge in [0.25, 0.3) is 0 Å². The van der Waals surface area contributed by atoms with Crippen LogP contribution in [0.5, 0.6) is 0 Å². The summed E-state index contributed by atoms with van der Waals surface area (Å²) in [5, 5.41) is 8.30. The summed E-state index contributed by atoms with van der Waals surface area (Å²) in [6.07, 6.45) is 4.56. The smallest absolute Gasteiger partial charge is 0.0624 e. The zero-order valence-electron chi connectivity index (χ0n) is 12.7. The van der Waals surface area contributed by atoms with E-state index < -0.39 is 0 Å². The molecule has 0 aliphatic carbocycles. The monoisotopic (exact) mass is 251 g/mol. The summed E-state index contributed by atoms with van der Waals surface area (Å²) in [5.41, 5.74) is 2.56. The van der Waals surface area contributed by atoms with Crippen LogP contribution in [-0.4, -0.2) is 22.4 Å². The van der Waals surface area contributed by atoms with Gasteiger partial charge in [-0.15, -0.1) is 0 Å². The molecule has 2 unspecified atom stereocenters. The molecule has 0 saturated carbocycles. The van der Waals surface area contributed by atoms with E-state index in [0.717, 1.165) is 19.4 Å². The fourth-order valence-electron chi connectivity index (χ4n) is 2.30. The second kappa shape index (κ2) is 7.57. The Bertz CT molecular complexity index is 344. The van der Waals surface area contributed by atoms with Gasteiger partial charge in [0.05, 0.1) is 11.7 Å². The summed E-state index contributed by atoms with van der Waals surface area (Å²) >= 11 is 0. The molecule has 1 heterocycles. The molecule has 0 radical (unpaired) electrons. The minimum Gasteiger partial charge on any atom is -0.312 e. The number of hydrogen-bond donors (Lipinski definition) is 1. The fourth-order valence-corrected chi connectivity index (χ4v) is 2.30. The molecule has 0 aromatic carbocycles. The van der Waals surface area contributed by atoms with E-state index in [1.165, 1.54) is 24.2 Å². The van der Waals surface area contributed by atoms with E-state index in [1.807, 2.05) is 0 Å². The standard InChI is InChI=1S/C15H29N3/c1-6-9-12(4)16-11-13(5)18-15(8-3)10-14(7-2)17-18/h10,12-13,16H,6-9,11H2,1-5H3. The summed E-state index contributed by atoms with van der Waals surface area (Å²) in [6, 6.07) is 3.27. The molecule has 1 aromatic heterocycles. The van der Waals surface area contributed by atoms with E-state index in [-0.39, 0.29) is 0 Å². The molecule has 3 heteroatoms. The highest BCUT2D eigenvalue weighted by Crippen LogP contribution is 2.13. The molecule has 0 spiro atoms. The third kappa shape index (κ3) is 4.13. The van der Waals surface area contributed by atoms with Crippen LogP contribution in [0.4, 0.5) is 0 Å². The Labute approximate surface area is 112 Å². The summed E-state index contributed by atoms with van der Waals surface area (Å²) < 4.78 is 2.20. The largest absolute Gasteiger partial charge is 0.312 e. The van der Waals surface area contributed by atoms with Crippen LogP contribution < -0.4 is 5.32 Å². The zero-order valence-corrected chi connectivity index (χ0v) is 12.7. The van der Waals surface area contributed by atoms with E-state index in [1.54, 1.807) is 0 Å². The number of hydrogen-bond acceptors (Lipinski definition) is 2. The molecule has 0 bridgehead atoms. The maximum Gasteiger partial charge on any atom is 0.0624 e. The van der Waals surface area contributed by atoms with Gasteiger partial charge < -0.3 is 5.32 Å². The summed E-state index contributed by atoms with van der Waals surface area (Å²) in [7, 11) is 0. The molecule has 3 nitrogen and oxygen atoms in total. The van der Waals surface area contributed by atoms with Crippen molar-refractivity contribution >= 4 is 0 Å². The van der Waals surface area contributed by atoms with Crippen LogP contribution in [-0.2, 0) is 12.8 Å². The third-order valence-corrected chi connectivity index (χ3v) is 3.49. The van der Waals surface area contributed by atoms with Gasteiger partial charge in [-0.05, 0) is 39.2 Å². The highest BCUT2D eigenvalue weighted by Gasteiger charge is 2.12. The number of aromatic nitrogens is 2. The van der Waals surface area contributed by atoms with Gasteiger partial charge in [-0.25, -0.2) is 0 Å². The Hall–Kier alpha value is -0.830. The maximum atomic E-state index is 4.70. The quantitative estimate of drug-likeness (QED) is 0.768. The van der Waals surface area contributed by atoms with Gasteiger partial charge in [0.1, 0.15) is 0 Å². The van der Waals surface area contributed by atoms with Crippen LogP contribution in [0.25, 0.3) is 0 Å². The number of nitrogens with zero attached hydrogens (tertiary/aromatic N) is 2. The lowest BCUT2D eigenvalue weighted by atomic mass is 10.2. The lowest BCUT2D eigenvalue weighted by Crippen LogP contribution is -2.32. The molecule has 2 atom stereocenters. The van der Waals surface area contributed by atoms with Crippen molar-refractivity contribution in [2.75, 3.05) is 6.54 Å². The van der Waals surface area contributed by atoms with Crippen LogP contribution in [0.15, 0.2) is 6.07 Å². The Balaban J connectivity index is 2.59. The number of nitrogens with one attached hydrogen (secondary N) is 1. The average Bonchev–Trinajstić information content (AvgIpc) is 2.79. The van der Waals surface area contributed by atoms with Crippen molar-refractivity contribution < 1.29 is 0 Å². The first-order chi connectivity index (χ1) is 8.62. The van der Waals surface area contributed by atoms with Crippen LogP contribution in [0.2, 0.25) is 0 Å². The molecule has 1 N–H and O–H groups in total. The van der Waals surface area contributed by atoms with Crippen molar-refractivity contribution in [3.8, 4) is 0 Å². The van der Waals surface area contributed by atoms with Gasteiger partial charge in [-0.3, -0.25) is 4.68 Å². The molecule has 1 aromatic rings. The highest BCUT2D eigenvalue weighted by atomic mass is 15.3. The first kappa shape index (κ1) is 15.2. The van der Waals surface area contributed by atoms with Crippen molar-refractivity contribution in [2.45, 2.75) is 72.4 Å². The minimum atomic E-state index is 0.430. The predicted octanol–water partition coefficient (Wildman–Crippen LogP) is 3.35. The molecule has 0 fully saturated rings. The van der Waals surface area contributed by atoms with Gasteiger partial charge in [-0.1, -0.05) is 27.2 Å². The second-order valence-corrected chi connectivity index (χ2v) is 5.23. The minimum absolute atomic E-state index is 0.430. The van der Waals surface area contributed by atoms with Crippen LogP contribution in [0, 0.1) is 0 Å². The van der Waals surface area contributed by atoms with Gasteiger partial charge in [0.2, 0.25) is 0 Å². The molecular formula is C15H29N3. The van der Waals surface area contributed by atoms with Crippen molar-refractivity contribution in [3.05, 3.63) is 17.5 Å². The van der Waals surface area contributed by atoms with E-state index in [9.17, 15) is 0 Å². The summed E-state index contributed by atoms with van der Waals surface area (Å²) in [5.74, 6) is 0. The lowest BCUT2D eigenvalue weighted by molar-refractivity contribution is 0.403. The van der Waals surface area contributed by atoms with Gasteiger partial charge in [0, 0.05) is 18.3 Å². The Morgan fingerprint density at radius 3 is 2.50 bits per heavy atom. The van der Waals surface area contributed by atoms with E-state index in [4.69, 9.17) is 5.10 Å². The molecule has 0 amide bonds. The molecule has 18 heavy (non-hydrogen) atoms. The SMILES string of the molecule is CCCC(C)NCC(C)n1nc(CC)cc1CC. The topological polar surface area (TPSA) is 29.9 Å². The highest BCUT2D eigenvalue weighted by molar-refractivity contribution is 5.11. The first-order valence-electron chi connectivity index (χ1n) is 7.42. The van der Waals surface area contributed by atoms with Gasteiger partial charge in [0.15, 0.2) is 0 Å². The van der Waals surface area contributed by atoms with Crippen LogP contribution >= 0.6 is 0 Å². The van der Waals surface area contributed by atoms with Crippen molar-refractivity contribution in [3.63, 3.8) is 0 Å². The molecule has 0 aliphatic rings. The van der Waals surface area contributed by atoms with Gasteiger partial charge >= 0.3 is 0 Å². The maximum absolute atomic E-state index is 4.70. The Morgan fingerprint density at radius 2 is 1.94 bits per heavy atom. The number of aryl methyl sites for hydroxylation is 2. The summed E-state index contributed by atoms with van der Waals surface area (Å²) in [4.78, 5) is 0. The lowest BCUT2D eigenvalue weighted by Gasteiger charge is -2.19. The third-order valence-electron chi connectivity index (χ3n) is 3.49. The Kier molecular flexibility index (Phi) is 6.41. The predicted molar refractivity (Wildman–Crippen MR) is 78.1 cm³/mol. The molecule has 0 aliphatic heterocycles. The number of rotatable bonds is 8. The first-order valence-corrected chi connectivity index (χ1v) is 7.42. The van der Waals surface area contributed by atoms with E-state index >= 15 is 0 Å². The van der Waals surface area contributed by atoms with E-state index in [2.05, 4.69) is 50.7 Å². The van der Waals surface area contributed by atoms with E-state index in [0.29, 0.717) is 12.1 Å². The van der Waals surface area contributed by atoms with Gasteiger partial charge in [-0.2, -0.15) is 5.10 Å². The van der Waals surface area contributed by atoms with Crippen molar-refractivity contribution in [1.29, 1.82) is 0 Å². The zero-order chi connectivity index (χ0) is 13.5. The molecular weight excluding hydrogens is 222 g/mol. The normalized spacial score (nSPS) is 14.7. The molecule has 0 saturated heterocycles. The van der Waals surface area contributed by atoms with Crippen LogP contribution in [0.1, 0.15) is 64.9 Å². The summed E-state index contributed by atoms with van der Waals surface area (Å²) in [6.45, 7) is 12.1. The van der Waals surface area contributed by atoms with Crippen LogP contribution in [0.3, 0.4) is 0 Å². The molecule has 104 valence electrons. The average molecular weight is 251 g/mol. The Morgan fingerprint density at radius 1 is 1.22 bits per heavy atom. The van der Waals surface area contributed by atoms with Crippen molar-refractivity contribution in [1.82, 2.24) is 15.1 Å². The fraction of sp³-hybridized carbons (Fsp3) is 0.800. The van der Waals surface area contributed by atoms with Crippen molar-refractivity contribution in [2.24, 2.45) is 0 Å². The molecule has 1 rings (SSSR count). The second-order valence-electron chi connectivity index (χ2n) is 5.23.